The molecule has 1 aliphatic heterocycles. The lowest BCUT2D eigenvalue weighted by Crippen LogP contribution is -2.51. The molecule has 2 heterocycles. The second-order valence-electron chi connectivity index (χ2n) is 9.30. The molecule has 0 radical (unpaired) electrons. The van der Waals surface area contributed by atoms with E-state index in [4.69, 9.17) is 9.47 Å². The number of nitrogens with one attached hydrogen (secondary N) is 1. The lowest BCUT2D eigenvalue weighted by Gasteiger charge is -2.32. The average Bonchev–Trinajstić information content (AvgIpc) is 3.27. The molecule has 1 amide bonds. The van der Waals surface area contributed by atoms with E-state index in [-0.39, 0.29) is 24.5 Å². The number of hydrogen-bond donors (Lipinski definition) is 1. The summed E-state index contributed by atoms with van der Waals surface area (Å²) < 4.78 is 62.6. The van der Waals surface area contributed by atoms with Crippen LogP contribution >= 0.6 is 0 Å². The predicted octanol–water partition coefficient (Wildman–Crippen LogP) is 2.29. The minimum Gasteiger partial charge on any atom is -0.453 e. The molecule has 0 bridgehead atoms. The van der Waals surface area contributed by atoms with Gasteiger partial charge >= 0.3 is 11.9 Å². The topological polar surface area (TPSA) is 111 Å². The molecular weight excluding hydrogens is 458 g/mol. The normalized spacial score (nSPS) is 36.0. The molecule has 1 unspecified atom stereocenters. The highest BCUT2D eigenvalue weighted by Gasteiger charge is 2.66. The number of aromatic nitrogens is 2. The van der Waals surface area contributed by atoms with E-state index in [1.807, 2.05) is 0 Å². The average molecular weight is 489 g/mol. The number of ether oxygens (including phenoxy) is 2. The van der Waals surface area contributed by atoms with Crippen LogP contribution in [0.5, 0.6) is 0 Å². The van der Waals surface area contributed by atoms with Gasteiger partial charge in [0.05, 0.1) is 25.9 Å². The monoisotopic (exact) mass is 488 g/mol. The van der Waals surface area contributed by atoms with Crippen LogP contribution in [0.25, 0.3) is 0 Å². The first kappa shape index (κ1) is 24.2. The first-order valence-electron chi connectivity index (χ1n) is 11.2. The van der Waals surface area contributed by atoms with Gasteiger partial charge in [-0.05, 0) is 50.5 Å². The fraction of sp³-hybridized carbons (Fsp3) is 0.762. The zero-order valence-corrected chi connectivity index (χ0v) is 19.7. The number of alkyl halides is 2. The maximum Gasteiger partial charge on any atom is 0.410 e. The summed E-state index contributed by atoms with van der Waals surface area (Å²) in [5.74, 6) is -1.88. The quantitative estimate of drug-likeness (QED) is 0.627. The number of carbonyl (C=O) groups excluding carboxylic acids is 1. The van der Waals surface area contributed by atoms with Gasteiger partial charge in [0, 0.05) is 29.9 Å². The zero-order valence-electron chi connectivity index (χ0n) is 18.9. The van der Waals surface area contributed by atoms with E-state index in [0.29, 0.717) is 11.8 Å². The number of hydrogen-bond acceptors (Lipinski definition) is 7. The highest BCUT2D eigenvalue weighted by Crippen LogP contribution is 2.66. The molecule has 4 rings (SSSR count). The van der Waals surface area contributed by atoms with Crippen molar-refractivity contribution in [2.45, 2.75) is 74.9 Å². The van der Waals surface area contributed by atoms with Crippen molar-refractivity contribution in [3.63, 3.8) is 0 Å². The van der Waals surface area contributed by atoms with Crippen molar-refractivity contribution >= 4 is 16.1 Å². The van der Waals surface area contributed by atoms with Crippen molar-refractivity contribution in [3.8, 4) is 0 Å². The summed E-state index contributed by atoms with van der Waals surface area (Å²) in [6.45, 7) is 3.94. The van der Waals surface area contributed by atoms with E-state index in [1.54, 1.807) is 25.4 Å². The van der Waals surface area contributed by atoms with Crippen molar-refractivity contribution in [2.24, 2.45) is 11.8 Å². The van der Waals surface area contributed by atoms with Gasteiger partial charge in [-0.2, -0.15) is 8.78 Å². The van der Waals surface area contributed by atoms with Crippen LogP contribution in [0.2, 0.25) is 0 Å². The van der Waals surface area contributed by atoms with Gasteiger partial charge in [-0.3, -0.25) is 4.90 Å². The maximum atomic E-state index is 13.0. The van der Waals surface area contributed by atoms with E-state index < -0.39 is 40.0 Å². The Balaban J connectivity index is 1.43. The molecule has 1 aromatic heterocycles. The first-order chi connectivity index (χ1) is 15.6. The van der Waals surface area contributed by atoms with Gasteiger partial charge in [-0.1, -0.05) is 6.92 Å². The number of likely N-dealkylation sites (tertiary alicyclic amines) is 1. The van der Waals surface area contributed by atoms with Crippen LogP contribution in [0, 0.1) is 11.8 Å². The fourth-order valence-corrected chi connectivity index (χ4v) is 6.70. The number of amides is 1. The molecule has 2 saturated carbocycles. The molecule has 1 aromatic rings. The van der Waals surface area contributed by atoms with E-state index in [2.05, 4.69) is 21.6 Å². The van der Waals surface area contributed by atoms with E-state index >= 15 is 0 Å². The maximum absolute atomic E-state index is 13.0. The molecule has 9 nitrogen and oxygen atoms in total. The van der Waals surface area contributed by atoms with Crippen LogP contribution in [-0.2, 0) is 24.9 Å². The summed E-state index contributed by atoms with van der Waals surface area (Å²) in [4.78, 5) is 22.7. The number of sulfonamides is 1. The Hall–Kier alpha value is -1.92. The number of halogens is 2. The van der Waals surface area contributed by atoms with Gasteiger partial charge in [0.15, 0.2) is 0 Å². The molecule has 184 valence electrons. The molecule has 12 heteroatoms. The van der Waals surface area contributed by atoms with Gasteiger partial charge in [-0.15, -0.1) is 0 Å². The summed E-state index contributed by atoms with van der Waals surface area (Å²) in [6.07, 6.45) is 5.41. The Morgan fingerprint density at radius 2 is 2.00 bits per heavy atom. The van der Waals surface area contributed by atoms with E-state index in [1.165, 1.54) is 12.0 Å². The minimum absolute atomic E-state index is 0.0243. The van der Waals surface area contributed by atoms with Gasteiger partial charge in [-0.25, -0.2) is 27.9 Å². The van der Waals surface area contributed by atoms with Crippen LogP contribution in [0.1, 0.15) is 45.4 Å². The predicted molar refractivity (Wildman–Crippen MR) is 114 cm³/mol. The first-order valence-corrected chi connectivity index (χ1v) is 12.7. The highest BCUT2D eigenvalue weighted by atomic mass is 32.2. The largest absolute Gasteiger partial charge is 0.453 e. The Morgan fingerprint density at radius 1 is 1.30 bits per heavy atom. The number of nitrogens with zero attached hydrogens (tertiary/aromatic N) is 3. The lowest BCUT2D eigenvalue weighted by atomic mass is 9.85. The molecule has 0 spiro atoms. The molecular formula is C21H30F2N4O5S. The van der Waals surface area contributed by atoms with Crippen molar-refractivity contribution in [2.75, 3.05) is 13.7 Å². The smallest absolute Gasteiger partial charge is 0.410 e. The SMILES string of the molecule is COC(=O)N1[C@H](C)C[C@H](NS(=O)(=O)C(F)F)[C@@H]1CO[C@H]1CC[C@]2(c3ncccn3)C(C1)[C@@H]2C. The third-order valence-corrected chi connectivity index (χ3v) is 8.78. The highest BCUT2D eigenvalue weighted by molar-refractivity contribution is 7.89. The molecule has 33 heavy (non-hydrogen) atoms. The molecule has 1 N–H and O–H groups in total. The van der Waals surface area contributed by atoms with E-state index in [0.717, 1.165) is 25.1 Å². The van der Waals surface area contributed by atoms with Gasteiger partial charge in [0.1, 0.15) is 5.82 Å². The summed E-state index contributed by atoms with van der Waals surface area (Å²) in [5.41, 5.74) is -0.0313. The van der Waals surface area contributed by atoms with Crippen molar-refractivity contribution in [3.05, 3.63) is 24.3 Å². The minimum atomic E-state index is -4.82. The van der Waals surface area contributed by atoms with Crippen molar-refractivity contribution in [1.29, 1.82) is 0 Å². The summed E-state index contributed by atoms with van der Waals surface area (Å²) in [6, 6.07) is -0.236. The van der Waals surface area contributed by atoms with Crippen molar-refractivity contribution < 1.29 is 31.5 Å². The second kappa shape index (κ2) is 9.03. The Morgan fingerprint density at radius 3 is 2.61 bits per heavy atom. The van der Waals surface area contributed by atoms with Crippen LogP contribution in [0.15, 0.2) is 18.5 Å². The zero-order chi connectivity index (χ0) is 24.0. The van der Waals surface area contributed by atoms with Gasteiger partial charge in [0.2, 0.25) is 0 Å². The number of methoxy groups -OCH3 is 1. The third kappa shape index (κ3) is 4.32. The Bertz CT molecular complexity index is 969. The molecule has 3 aliphatic rings. The summed E-state index contributed by atoms with van der Waals surface area (Å²) in [5, 5.41) is 0. The molecule has 7 atom stereocenters. The van der Waals surface area contributed by atoms with E-state index in [9.17, 15) is 22.0 Å². The van der Waals surface area contributed by atoms with Crippen LogP contribution < -0.4 is 4.72 Å². The van der Waals surface area contributed by atoms with Gasteiger partial charge in [0.25, 0.3) is 10.0 Å². The summed E-state index contributed by atoms with van der Waals surface area (Å²) in [7, 11) is -3.59. The van der Waals surface area contributed by atoms with Crippen LogP contribution in [-0.4, -0.2) is 73.1 Å². The van der Waals surface area contributed by atoms with Crippen LogP contribution in [0.4, 0.5) is 13.6 Å². The number of carbonyl (C=O) groups is 1. The fourth-order valence-electron chi connectivity index (χ4n) is 5.93. The Kier molecular flexibility index (Phi) is 6.62. The molecule has 3 fully saturated rings. The third-order valence-electron chi connectivity index (χ3n) is 7.68. The van der Waals surface area contributed by atoms with Crippen molar-refractivity contribution in [1.82, 2.24) is 19.6 Å². The second-order valence-corrected chi connectivity index (χ2v) is 11.0. The Labute approximate surface area is 192 Å². The number of fused-ring (bicyclic) bond motifs is 1. The lowest BCUT2D eigenvalue weighted by molar-refractivity contribution is -0.0104. The van der Waals surface area contributed by atoms with Gasteiger partial charge < -0.3 is 9.47 Å². The molecule has 2 aliphatic carbocycles. The standard InChI is InChI=1S/C21H30F2N4O5S/c1-12-9-16(26-33(29,30)19(22)23)17(27(12)20(28)31-3)11-32-14-5-6-21(13(2)15(21)10-14)18-24-7-4-8-25-18/h4,7-8,12-17,19,26H,5-6,9-11H2,1-3H3/t12-,13+,14+,15?,16+,17+,21-/m1/s1. The number of rotatable bonds is 7. The molecule has 0 aromatic carbocycles. The summed E-state index contributed by atoms with van der Waals surface area (Å²) >= 11 is 0. The van der Waals surface area contributed by atoms with Crippen LogP contribution in [0.3, 0.4) is 0 Å². The molecule has 1 saturated heterocycles.